The van der Waals surface area contributed by atoms with Crippen LogP contribution in [-0.4, -0.2) is 58.9 Å². The molecule has 0 aliphatic carbocycles. The van der Waals surface area contributed by atoms with Crippen LogP contribution < -0.4 is 5.56 Å². The molecule has 1 saturated heterocycles. The lowest BCUT2D eigenvalue weighted by molar-refractivity contribution is 0.0639. The molecule has 0 radical (unpaired) electrons. The van der Waals surface area contributed by atoms with Crippen LogP contribution in [0.3, 0.4) is 0 Å². The molecule has 2 rings (SSSR count). The lowest BCUT2D eigenvalue weighted by atomic mass is 9.89. The summed E-state index contributed by atoms with van der Waals surface area (Å²) in [7, 11) is 4.17. The molecule has 1 atom stereocenters. The van der Waals surface area contributed by atoms with E-state index in [0.29, 0.717) is 30.9 Å². The zero-order valence-electron chi connectivity index (χ0n) is 13.2. The van der Waals surface area contributed by atoms with Gasteiger partial charge in [-0.1, -0.05) is 0 Å². The van der Waals surface area contributed by atoms with Gasteiger partial charge in [-0.25, -0.2) is 4.98 Å². The smallest absolute Gasteiger partial charge is 0.263 e. The van der Waals surface area contributed by atoms with Crippen molar-refractivity contribution in [3.63, 3.8) is 0 Å². The van der Waals surface area contributed by atoms with Crippen molar-refractivity contribution >= 4 is 5.91 Å². The Labute approximate surface area is 125 Å². The predicted molar refractivity (Wildman–Crippen MR) is 81.4 cm³/mol. The first kappa shape index (κ1) is 15.7. The van der Waals surface area contributed by atoms with E-state index in [2.05, 4.69) is 35.9 Å². The zero-order chi connectivity index (χ0) is 15.6. The molecule has 0 spiro atoms. The molecule has 0 unspecified atom stereocenters. The number of nitrogens with zero attached hydrogens (tertiary/aromatic N) is 3. The van der Waals surface area contributed by atoms with Gasteiger partial charge in [0.2, 0.25) is 0 Å². The van der Waals surface area contributed by atoms with E-state index < -0.39 is 0 Å². The molecule has 2 heterocycles. The Bertz CT molecular complexity index is 559. The molecular formula is C15H24N4O2. The predicted octanol–water partition coefficient (Wildman–Crippen LogP) is 0.881. The summed E-state index contributed by atoms with van der Waals surface area (Å²) in [4.78, 5) is 34.8. The van der Waals surface area contributed by atoms with Crippen LogP contribution in [0.25, 0.3) is 0 Å². The van der Waals surface area contributed by atoms with Gasteiger partial charge >= 0.3 is 0 Å². The van der Waals surface area contributed by atoms with Gasteiger partial charge in [-0.2, -0.15) is 0 Å². The van der Waals surface area contributed by atoms with Gasteiger partial charge in [-0.05, 0) is 46.7 Å². The molecule has 1 fully saturated rings. The number of likely N-dealkylation sites (tertiary alicyclic amines) is 1. The number of aromatic nitrogens is 2. The van der Waals surface area contributed by atoms with E-state index in [1.165, 1.54) is 6.20 Å². The van der Waals surface area contributed by atoms with E-state index >= 15 is 0 Å². The van der Waals surface area contributed by atoms with Gasteiger partial charge < -0.3 is 14.8 Å². The summed E-state index contributed by atoms with van der Waals surface area (Å²) in [5.41, 5.74) is -0.212. The number of aryl methyl sites for hydroxylation is 1. The summed E-state index contributed by atoms with van der Waals surface area (Å²) in [6, 6.07) is 0.506. The number of amides is 1. The van der Waals surface area contributed by atoms with Crippen LogP contribution in [0.15, 0.2) is 11.0 Å². The summed E-state index contributed by atoms with van der Waals surface area (Å²) in [6.45, 7) is 5.32. The molecule has 0 bridgehead atoms. The van der Waals surface area contributed by atoms with E-state index in [0.717, 1.165) is 12.8 Å². The standard InChI is InChI=1S/C15H24N4O2/c1-10(18(3)4)12-5-7-19(8-6-12)15(21)13-9-16-11(2)17-14(13)20/h9-10,12H,5-8H2,1-4H3,(H,16,17,20)/t10-/m1/s1. The third kappa shape index (κ3) is 3.50. The molecule has 21 heavy (non-hydrogen) atoms. The van der Waals surface area contributed by atoms with Crippen molar-refractivity contribution in [1.82, 2.24) is 19.8 Å². The molecule has 116 valence electrons. The van der Waals surface area contributed by atoms with E-state index in [4.69, 9.17) is 0 Å². The van der Waals surface area contributed by atoms with Crippen molar-refractivity contribution in [1.29, 1.82) is 0 Å². The number of aromatic amines is 1. The van der Waals surface area contributed by atoms with Crippen molar-refractivity contribution in [2.24, 2.45) is 5.92 Å². The normalized spacial score (nSPS) is 18.0. The number of nitrogens with one attached hydrogen (secondary N) is 1. The van der Waals surface area contributed by atoms with Crippen LogP contribution in [0.1, 0.15) is 35.9 Å². The van der Waals surface area contributed by atoms with Crippen LogP contribution in [0.4, 0.5) is 0 Å². The fourth-order valence-electron chi connectivity index (χ4n) is 2.81. The van der Waals surface area contributed by atoms with Crippen molar-refractivity contribution in [2.45, 2.75) is 32.7 Å². The van der Waals surface area contributed by atoms with E-state index in [-0.39, 0.29) is 17.0 Å². The number of hydrogen-bond donors (Lipinski definition) is 1. The highest BCUT2D eigenvalue weighted by molar-refractivity contribution is 5.93. The maximum absolute atomic E-state index is 12.4. The third-order valence-electron chi connectivity index (χ3n) is 4.48. The molecule has 1 amide bonds. The van der Waals surface area contributed by atoms with Gasteiger partial charge in [-0.3, -0.25) is 9.59 Å². The number of rotatable bonds is 3. The van der Waals surface area contributed by atoms with Gasteiger partial charge in [0.05, 0.1) is 0 Å². The van der Waals surface area contributed by atoms with Gasteiger partial charge in [0.15, 0.2) is 0 Å². The zero-order valence-corrected chi connectivity index (χ0v) is 13.2. The minimum atomic E-state index is -0.351. The van der Waals surface area contributed by atoms with Crippen LogP contribution >= 0.6 is 0 Å². The van der Waals surface area contributed by atoms with Gasteiger partial charge in [0, 0.05) is 25.3 Å². The molecule has 1 N–H and O–H groups in total. The van der Waals surface area contributed by atoms with Crippen LogP contribution in [0.5, 0.6) is 0 Å². The highest BCUT2D eigenvalue weighted by atomic mass is 16.2. The minimum Gasteiger partial charge on any atom is -0.338 e. The lowest BCUT2D eigenvalue weighted by Crippen LogP contribution is -2.44. The SMILES string of the molecule is Cc1ncc(C(=O)N2CCC([C@@H](C)N(C)C)CC2)c(=O)[nH]1. The number of carbonyl (C=O) groups excluding carboxylic acids is 1. The monoisotopic (exact) mass is 292 g/mol. The number of carbonyl (C=O) groups is 1. The first-order valence-electron chi connectivity index (χ1n) is 7.41. The molecule has 1 aromatic heterocycles. The Morgan fingerprint density at radius 3 is 2.57 bits per heavy atom. The Hall–Kier alpha value is -1.69. The maximum Gasteiger partial charge on any atom is 0.263 e. The van der Waals surface area contributed by atoms with Gasteiger partial charge in [0.25, 0.3) is 11.5 Å². The molecular weight excluding hydrogens is 268 g/mol. The van der Waals surface area contributed by atoms with Gasteiger partial charge in [-0.15, -0.1) is 0 Å². The minimum absolute atomic E-state index is 0.139. The Morgan fingerprint density at radius 2 is 2.05 bits per heavy atom. The summed E-state index contributed by atoms with van der Waals surface area (Å²) in [6.07, 6.45) is 3.33. The lowest BCUT2D eigenvalue weighted by Gasteiger charge is -2.37. The highest BCUT2D eigenvalue weighted by Crippen LogP contribution is 2.23. The fourth-order valence-corrected chi connectivity index (χ4v) is 2.81. The third-order valence-corrected chi connectivity index (χ3v) is 4.48. The number of piperidine rings is 1. The maximum atomic E-state index is 12.4. The van der Waals surface area contributed by atoms with E-state index in [1.807, 2.05) is 0 Å². The second-order valence-electron chi connectivity index (χ2n) is 6.05. The van der Waals surface area contributed by atoms with Gasteiger partial charge in [0.1, 0.15) is 11.4 Å². The van der Waals surface area contributed by atoms with E-state index in [9.17, 15) is 9.59 Å². The van der Waals surface area contributed by atoms with Crippen molar-refractivity contribution in [3.8, 4) is 0 Å². The molecule has 1 aliphatic rings. The molecule has 6 nitrogen and oxygen atoms in total. The Balaban J connectivity index is 2.02. The average molecular weight is 292 g/mol. The van der Waals surface area contributed by atoms with Crippen LogP contribution in [0, 0.1) is 12.8 Å². The molecule has 1 aliphatic heterocycles. The fraction of sp³-hybridized carbons (Fsp3) is 0.667. The average Bonchev–Trinajstić information content (AvgIpc) is 2.46. The molecule has 0 saturated carbocycles. The van der Waals surface area contributed by atoms with Crippen LogP contribution in [-0.2, 0) is 0 Å². The summed E-state index contributed by atoms with van der Waals surface area (Å²) < 4.78 is 0. The number of H-pyrrole nitrogens is 1. The Kier molecular flexibility index (Phi) is 4.77. The highest BCUT2D eigenvalue weighted by Gasteiger charge is 2.28. The quantitative estimate of drug-likeness (QED) is 0.898. The molecule has 6 heteroatoms. The summed E-state index contributed by atoms with van der Waals surface area (Å²) in [5.74, 6) is 0.910. The first-order valence-corrected chi connectivity index (χ1v) is 7.41. The summed E-state index contributed by atoms with van der Waals surface area (Å²) in [5, 5.41) is 0. The molecule has 1 aromatic rings. The summed E-state index contributed by atoms with van der Waals surface area (Å²) >= 11 is 0. The first-order chi connectivity index (χ1) is 9.90. The Morgan fingerprint density at radius 1 is 1.43 bits per heavy atom. The van der Waals surface area contributed by atoms with E-state index in [1.54, 1.807) is 11.8 Å². The largest absolute Gasteiger partial charge is 0.338 e. The van der Waals surface area contributed by atoms with Crippen LogP contribution in [0.2, 0.25) is 0 Å². The second-order valence-corrected chi connectivity index (χ2v) is 6.05. The topological polar surface area (TPSA) is 69.3 Å². The number of hydrogen-bond acceptors (Lipinski definition) is 4. The molecule has 0 aromatic carbocycles. The van der Waals surface area contributed by atoms with Crippen molar-refractivity contribution in [3.05, 3.63) is 27.9 Å². The van der Waals surface area contributed by atoms with Crippen molar-refractivity contribution < 1.29 is 4.79 Å². The van der Waals surface area contributed by atoms with Crippen molar-refractivity contribution in [2.75, 3.05) is 27.2 Å². The second kappa shape index (κ2) is 6.39.